The molecule has 0 spiro atoms. The van der Waals surface area contributed by atoms with Crippen LogP contribution in [0.15, 0.2) is 29.5 Å². The Morgan fingerprint density at radius 2 is 2.05 bits per heavy atom. The number of hydrogen-bond acceptors (Lipinski definition) is 4. The molecule has 0 saturated carbocycles. The second-order valence-corrected chi connectivity index (χ2v) is 4.43. The SMILES string of the molecule is COc1ccc(NC(=O)C2=C(C)NC(=O)NC2)c(OC)c1. The zero-order valence-electron chi connectivity index (χ0n) is 12.1. The van der Waals surface area contributed by atoms with Crippen molar-refractivity contribution in [3.63, 3.8) is 0 Å². The van der Waals surface area contributed by atoms with Crippen molar-refractivity contribution >= 4 is 17.6 Å². The molecule has 0 atom stereocenters. The van der Waals surface area contributed by atoms with Crippen molar-refractivity contribution in [1.82, 2.24) is 10.6 Å². The van der Waals surface area contributed by atoms with Gasteiger partial charge in [-0.25, -0.2) is 4.79 Å². The van der Waals surface area contributed by atoms with Crippen molar-refractivity contribution in [2.24, 2.45) is 0 Å². The van der Waals surface area contributed by atoms with E-state index in [0.29, 0.717) is 28.5 Å². The minimum absolute atomic E-state index is 0.183. The molecule has 2 rings (SSSR count). The predicted octanol–water partition coefficient (Wildman–Crippen LogP) is 1.23. The Labute approximate surface area is 122 Å². The lowest BCUT2D eigenvalue weighted by Gasteiger charge is -2.20. The molecule has 1 aromatic rings. The normalized spacial score (nSPS) is 14.1. The van der Waals surface area contributed by atoms with Gasteiger partial charge in [-0.05, 0) is 19.1 Å². The van der Waals surface area contributed by atoms with Crippen LogP contribution in [0.2, 0.25) is 0 Å². The molecule has 1 aliphatic heterocycles. The van der Waals surface area contributed by atoms with E-state index in [0.717, 1.165) is 0 Å². The lowest BCUT2D eigenvalue weighted by atomic mass is 10.1. The summed E-state index contributed by atoms with van der Waals surface area (Å²) in [6.45, 7) is 1.86. The standard InChI is InChI=1S/C14H17N3O4/c1-8-10(7-15-14(19)16-8)13(18)17-11-5-4-9(20-2)6-12(11)21-3/h4-6H,7H2,1-3H3,(H,17,18)(H2,15,16,19). The van der Waals surface area contributed by atoms with E-state index in [1.165, 1.54) is 7.11 Å². The molecule has 21 heavy (non-hydrogen) atoms. The number of urea groups is 1. The average Bonchev–Trinajstić information content (AvgIpc) is 2.47. The highest BCUT2D eigenvalue weighted by Gasteiger charge is 2.20. The number of hydrogen-bond donors (Lipinski definition) is 3. The number of allylic oxidation sites excluding steroid dienone is 1. The number of ether oxygens (including phenoxy) is 2. The Balaban J connectivity index is 2.20. The smallest absolute Gasteiger partial charge is 0.319 e. The highest BCUT2D eigenvalue weighted by atomic mass is 16.5. The molecule has 0 unspecified atom stereocenters. The third-order valence-corrected chi connectivity index (χ3v) is 3.11. The van der Waals surface area contributed by atoms with Crippen LogP contribution in [-0.2, 0) is 4.79 Å². The maximum Gasteiger partial charge on any atom is 0.319 e. The molecule has 1 aromatic carbocycles. The first-order chi connectivity index (χ1) is 10.0. The fourth-order valence-corrected chi connectivity index (χ4v) is 1.94. The van der Waals surface area contributed by atoms with Gasteiger partial charge in [-0.2, -0.15) is 0 Å². The average molecular weight is 291 g/mol. The molecule has 7 heteroatoms. The van der Waals surface area contributed by atoms with Gasteiger partial charge in [0, 0.05) is 11.8 Å². The molecule has 1 heterocycles. The third kappa shape index (κ3) is 3.25. The van der Waals surface area contributed by atoms with E-state index in [1.807, 2.05) is 0 Å². The first-order valence-electron chi connectivity index (χ1n) is 6.33. The summed E-state index contributed by atoms with van der Waals surface area (Å²) in [6.07, 6.45) is 0. The Hall–Kier alpha value is -2.70. The molecule has 3 N–H and O–H groups in total. The molecular weight excluding hydrogens is 274 g/mol. The molecule has 7 nitrogen and oxygen atoms in total. The van der Waals surface area contributed by atoms with Crippen molar-refractivity contribution in [2.75, 3.05) is 26.1 Å². The molecule has 0 bridgehead atoms. The van der Waals surface area contributed by atoms with Crippen LogP contribution in [0, 0.1) is 0 Å². The van der Waals surface area contributed by atoms with Crippen molar-refractivity contribution in [3.8, 4) is 11.5 Å². The van der Waals surface area contributed by atoms with Crippen molar-refractivity contribution in [3.05, 3.63) is 29.5 Å². The first-order valence-corrected chi connectivity index (χ1v) is 6.33. The number of amides is 3. The van der Waals surface area contributed by atoms with Crippen molar-refractivity contribution in [1.29, 1.82) is 0 Å². The number of methoxy groups -OCH3 is 2. The van der Waals surface area contributed by atoms with Crippen LogP contribution in [0.1, 0.15) is 6.92 Å². The predicted molar refractivity (Wildman–Crippen MR) is 77.4 cm³/mol. The van der Waals surface area contributed by atoms with E-state index in [9.17, 15) is 9.59 Å². The fraction of sp³-hybridized carbons (Fsp3) is 0.286. The van der Waals surface area contributed by atoms with Crippen molar-refractivity contribution < 1.29 is 19.1 Å². The summed E-state index contributed by atoms with van der Waals surface area (Å²) in [5.74, 6) is 0.823. The Bertz CT molecular complexity index is 610. The van der Waals surface area contributed by atoms with E-state index >= 15 is 0 Å². The third-order valence-electron chi connectivity index (χ3n) is 3.11. The van der Waals surface area contributed by atoms with Gasteiger partial charge >= 0.3 is 6.03 Å². The molecule has 0 aromatic heterocycles. The minimum atomic E-state index is -0.314. The molecule has 3 amide bonds. The summed E-state index contributed by atoms with van der Waals surface area (Å²) in [7, 11) is 3.06. The molecule has 0 radical (unpaired) electrons. The molecular formula is C14H17N3O4. The number of anilines is 1. The number of carbonyl (C=O) groups excluding carboxylic acids is 2. The molecule has 0 fully saturated rings. The number of carbonyl (C=O) groups is 2. The van der Waals surface area contributed by atoms with Crippen LogP contribution >= 0.6 is 0 Å². The second-order valence-electron chi connectivity index (χ2n) is 4.43. The van der Waals surface area contributed by atoms with E-state index in [4.69, 9.17) is 9.47 Å². The summed E-state index contributed by atoms with van der Waals surface area (Å²) in [4.78, 5) is 23.4. The van der Waals surface area contributed by atoms with Gasteiger partial charge in [0.2, 0.25) is 0 Å². The van der Waals surface area contributed by atoms with Gasteiger partial charge < -0.3 is 25.4 Å². The van der Waals surface area contributed by atoms with E-state index in [2.05, 4.69) is 16.0 Å². The maximum absolute atomic E-state index is 12.3. The summed E-state index contributed by atoms with van der Waals surface area (Å²) in [5.41, 5.74) is 1.52. The first kappa shape index (κ1) is 14.7. The zero-order chi connectivity index (χ0) is 15.4. The van der Waals surface area contributed by atoms with Gasteiger partial charge in [0.15, 0.2) is 0 Å². The van der Waals surface area contributed by atoms with Gasteiger partial charge in [-0.15, -0.1) is 0 Å². The highest BCUT2D eigenvalue weighted by molar-refractivity contribution is 6.06. The van der Waals surface area contributed by atoms with Crippen LogP contribution in [0.3, 0.4) is 0 Å². The number of rotatable bonds is 4. The molecule has 0 saturated heterocycles. The lowest BCUT2D eigenvalue weighted by Crippen LogP contribution is -2.43. The Morgan fingerprint density at radius 1 is 1.29 bits per heavy atom. The lowest BCUT2D eigenvalue weighted by molar-refractivity contribution is -0.113. The van der Waals surface area contributed by atoms with Crippen LogP contribution in [0.25, 0.3) is 0 Å². The monoisotopic (exact) mass is 291 g/mol. The number of benzene rings is 1. The minimum Gasteiger partial charge on any atom is -0.497 e. The Morgan fingerprint density at radius 3 is 2.67 bits per heavy atom. The van der Waals surface area contributed by atoms with E-state index in [-0.39, 0.29) is 18.5 Å². The van der Waals surface area contributed by atoms with Gasteiger partial charge in [-0.1, -0.05) is 0 Å². The summed E-state index contributed by atoms with van der Waals surface area (Å²) < 4.78 is 10.3. The molecule has 1 aliphatic rings. The fourth-order valence-electron chi connectivity index (χ4n) is 1.94. The highest BCUT2D eigenvalue weighted by Crippen LogP contribution is 2.29. The topological polar surface area (TPSA) is 88.7 Å². The zero-order valence-corrected chi connectivity index (χ0v) is 12.1. The van der Waals surface area contributed by atoms with Crippen LogP contribution in [0.5, 0.6) is 11.5 Å². The van der Waals surface area contributed by atoms with Crippen LogP contribution in [0.4, 0.5) is 10.5 Å². The molecule has 0 aliphatic carbocycles. The summed E-state index contributed by atoms with van der Waals surface area (Å²) >= 11 is 0. The Kier molecular flexibility index (Phi) is 4.32. The van der Waals surface area contributed by atoms with Gasteiger partial charge in [0.1, 0.15) is 11.5 Å². The van der Waals surface area contributed by atoms with Gasteiger partial charge in [-0.3, -0.25) is 4.79 Å². The van der Waals surface area contributed by atoms with E-state index < -0.39 is 0 Å². The summed E-state index contributed by atoms with van der Waals surface area (Å²) in [5, 5.41) is 7.88. The van der Waals surface area contributed by atoms with E-state index in [1.54, 1.807) is 32.2 Å². The largest absolute Gasteiger partial charge is 0.497 e. The second kappa shape index (κ2) is 6.17. The van der Waals surface area contributed by atoms with Gasteiger partial charge in [0.25, 0.3) is 5.91 Å². The van der Waals surface area contributed by atoms with Crippen LogP contribution in [-0.4, -0.2) is 32.7 Å². The van der Waals surface area contributed by atoms with Crippen molar-refractivity contribution in [2.45, 2.75) is 6.92 Å². The maximum atomic E-state index is 12.3. The summed E-state index contributed by atoms with van der Waals surface area (Å²) in [6, 6.07) is 4.78. The van der Waals surface area contributed by atoms with Crippen LogP contribution < -0.4 is 25.4 Å². The molecule has 112 valence electrons. The quantitative estimate of drug-likeness (QED) is 0.778. The van der Waals surface area contributed by atoms with Gasteiger partial charge in [0.05, 0.1) is 32.0 Å². The number of nitrogens with one attached hydrogen (secondary N) is 3.